The van der Waals surface area contributed by atoms with Crippen molar-refractivity contribution in [2.24, 2.45) is 0 Å². The summed E-state index contributed by atoms with van der Waals surface area (Å²) in [5.41, 5.74) is 10.5. The second-order valence-electron chi connectivity index (χ2n) is 8.71. The van der Waals surface area contributed by atoms with Crippen LogP contribution < -0.4 is 4.74 Å². The molecule has 0 radical (unpaired) electrons. The lowest BCUT2D eigenvalue weighted by atomic mass is 9.87. The summed E-state index contributed by atoms with van der Waals surface area (Å²) < 4.78 is 21.9. The van der Waals surface area contributed by atoms with Crippen LogP contribution in [-0.2, 0) is 14.2 Å². The van der Waals surface area contributed by atoms with E-state index in [2.05, 4.69) is 75.4 Å². The largest absolute Gasteiger partial charge is 0.491 e. The first-order chi connectivity index (χ1) is 16.1. The molecule has 0 atom stereocenters. The highest BCUT2D eigenvalue weighted by Gasteiger charge is 2.30. The maximum Gasteiger partial charge on any atom is 0.122 e. The zero-order valence-electron chi connectivity index (χ0n) is 20.1. The van der Waals surface area contributed by atoms with Crippen LogP contribution in [0.2, 0.25) is 0 Å². The van der Waals surface area contributed by atoms with Crippen LogP contribution >= 0.6 is 0 Å². The second kappa shape index (κ2) is 11.0. The first-order valence-electron chi connectivity index (χ1n) is 11.7. The van der Waals surface area contributed by atoms with E-state index in [4.69, 9.17) is 18.9 Å². The summed E-state index contributed by atoms with van der Waals surface area (Å²) in [6.45, 7) is 9.84. The van der Waals surface area contributed by atoms with E-state index in [0.29, 0.717) is 39.6 Å². The molecule has 0 fully saturated rings. The molecule has 0 heterocycles. The van der Waals surface area contributed by atoms with Crippen molar-refractivity contribution in [3.8, 4) is 16.9 Å². The summed E-state index contributed by atoms with van der Waals surface area (Å²) in [4.78, 5) is 0. The molecule has 0 saturated heterocycles. The van der Waals surface area contributed by atoms with E-state index >= 15 is 0 Å². The van der Waals surface area contributed by atoms with Crippen LogP contribution in [0.3, 0.4) is 0 Å². The minimum absolute atomic E-state index is 0.254. The number of rotatable bonds is 11. The molecule has 0 spiro atoms. The first-order valence-corrected chi connectivity index (χ1v) is 11.7. The van der Waals surface area contributed by atoms with Gasteiger partial charge in [-0.3, -0.25) is 0 Å². The highest BCUT2D eigenvalue weighted by Crippen LogP contribution is 2.49. The average Bonchev–Trinajstić information content (AvgIpc) is 3.11. The topological polar surface area (TPSA) is 36.9 Å². The van der Waals surface area contributed by atoms with E-state index in [1.165, 1.54) is 38.9 Å². The van der Waals surface area contributed by atoms with Crippen LogP contribution in [-0.4, -0.2) is 46.8 Å². The normalized spacial score (nSPS) is 12.6. The van der Waals surface area contributed by atoms with Gasteiger partial charge in [-0.05, 0) is 60.2 Å². The standard InChI is InChI=1S/C29H34O4/c1-20-5-8-24-25-9-6-21(2)18-27(25)29(26(24)17-20)23-7-10-28(22(3)19-23)33-16-15-32-14-13-31-12-11-30-4/h5-10,17-19,29H,11-16H2,1-4H3. The molecule has 0 aliphatic heterocycles. The van der Waals surface area contributed by atoms with Crippen molar-refractivity contribution in [1.82, 2.24) is 0 Å². The Morgan fingerprint density at radius 2 is 1.21 bits per heavy atom. The molecular formula is C29H34O4. The van der Waals surface area contributed by atoms with E-state index < -0.39 is 0 Å². The van der Waals surface area contributed by atoms with E-state index in [1.54, 1.807) is 7.11 Å². The summed E-state index contributed by atoms with van der Waals surface area (Å²) >= 11 is 0. The highest BCUT2D eigenvalue weighted by atomic mass is 16.6. The summed E-state index contributed by atoms with van der Waals surface area (Å²) in [5, 5.41) is 0. The lowest BCUT2D eigenvalue weighted by molar-refractivity contribution is 0.0179. The van der Waals surface area contributed by atoms with Crippen molar-refractivity contribution in [1.29, 1.82) is 0 Å². The van der Waals surface area contributed by atoms with Gasteiger partial charge in [0.05, 0.1) is 33.0 Å². The molecule has 0 bridgehead atoms. The maximum absolute atomic E-state index is 5.99. The average molecular weight is 447 g/mol. The number of hydrogen-bond donors (Lipinski definition) is 0. The van der Waals surface area contributed by atoms with Crippen molar-refractivity contribution in [3.63, 3.8) is 0 Å². The molecule has 0 N–H and O–H groups in total. The smallest absolute Gasteiger partial charge is 0.122 e. The van der Waals surface area contributed by atoms with Gasteiger partial charge in [-0.15, -0.1) is 0 Å². The Balaban J connectivity index is 1.42. The predicted octanol–water partition coefficient (Wildman–Crippen LogP) is 5.83. The molecule has 4 heteroatoms. The molecule has 33 heavy (non-hydrogen) atoms. The van der Waals surface area contributed by atoms with Gasteiger partial charge in [0.2, 0.25) is 0 Å². The van der Waals surface area contributed by atoms with Crippen LogP contribution in [0.5, 0.6) is 5.75 Å². The number of methoxy groups -OCH3 is 1. The molecule has 1 aliphatic carbocycles. The van der Waals surface area contributed by atoms with Crippen LogP contribution in [0.4, 0.5) is 0 Å². The molecule has 0 saturated carbocycles. The zero-order valence-corrected chi connectivity index (χ0v) is 20.1. The van der Waals surface area contributed by atoms with Gasteiger partial charge >= 0.3 is 0 Å². The fraction of sp³-hybridized carbons (Fsp3) is 0.379. The lowest BCUT2D eigenvalue weighted by Gasteiger charge is -2.18. The highest BCUT2D eigenvalue weighted by molar-refractivity contribution is 5.81. The van der Waals surface area contributed by atoms with Crippen molar-refractivity contribution >= 4 is 0 Å². The van der Waals surface area contributed by atoms with Gasteiger partial charge < -0.3 is 18.9 Å². The molecule has 174 valence electrons. The minimum atomic E-state index is 0.254. The van der Waals surface area contributed by atoms with Crippen LogP contribution in [0, 0.1) is 20.8 Å². The molecule has 3 aromatic rings. The van der Waals surface area contributed by atoms with Crippen molar-refractivity contribution < 1.29 is 18.9 Å². The van der Waals surface area contributed by atoms with Gasteiger partial charge in [0, 0.05) is 13.0 Å². The van der Waals surface area contributed by atoms with Gasteiger partial charge in [0.1, 0.15) is 12.4 Å². The van der Waals surface area contributed by atoms with E-state index in [0.717, 1.165) is 11.3 Å². The Hall–Kier alpha value is -2.66. The fourth-order valence-electron chi connectivity index (χ4n) is 4.55. The maximum atomic E-state index is 5.99. The molecule has 3 aromatic carbocycles. The summed E-state index contributed by atoms with van der Waals surface area (Å²) in [6, 6.07) is 20.2. The van der Waals surface area contributed by atoms with E-state index in [-0.39, 0.29) is 5.92 Å². The van der Waals surface area contributed by atoms with Crippen molar-refractivity contribution in [2.45, 2.75) is 26.7 Å². The zero-order chi connectivity index (χ0) is 23.2. The molecule has 4 rings (SSSR count). The van der Waals surface area contributed by atoms with Crippen LogP contribution in [0.1, 0.15) is 39.3 Å². The van der Waals surface area contributed by atoms with Gasteiger partial charge in [-0.1, -0.05) is 59.7 Å². The van der Waals surface area contributed by atoms with Crippen LogP contribution in [0.25, 0.3) is 11.1 Å². The second-order valence-corrected chi connectivity index (χ2v) is 8.71. The van der Waals surface area contributed by atoms with E-state index in [1.807, 2.05) is 0 Å². The first kappa shape index (κ1) is 23.5. The Morgan fingerprint density at radius 3 is 1.79 bits per heavy atom. The van der Waals surface area contributed by atoms with Gasteiger partial charge in [0.25, 0.3) is 0 Å². The number of benzene rings is 3. The van der Waals surface area contributed by atoms with Gasteiger partial charge in [-0.2, -0.15) is 0 Å². The summed E-state index contributed by atoms with van der Waals surface area (Å²) in [7, 11) is 1.67. The third-order valence-corrected chi connectivity index (χ3v) is 6.15. The summed E-state index contributed by atoms with van der Waals surface area (Å²) in [5.74, 6) is 1.16. The van der Waals surface area contributed by atoms with Gasteiger partial charge in [0.15, 0.2) is 0 Å². The SMILES string of the molecule is COCCOCCOCCOc1ccc(C2c3cc(C)ccc3-c3ccc(C)cc32)cc1C. The monoisotopic (exact) mass is 446 g/mol. The molecule has 0 amide bonds. The number of aryl methyl sites for hydroxylation is 3. The molecule has 0 aromatic heterocycles. The number of hydrogen-bond acceptors (Lipinski definition) is 4. The van der Waals surface area contributed by atoms with Crippen LogP contribution in [0.15, 0.2) is 54.6 Å². The Morgan fingerprint density at radius 1 is 0.636 bits per heavy atom. The molecule has 0 unspecified atom stereocenters. The lowest BCUT2D eigenvalue weighted by Crippen LogP contribution is -2.12. The third-order valence-electron chi connectivity index (χ3n) is 6.15. The van der Waals surface area contributed by atoms with E-state index in [9.17, 15) is 0 Å². The minimum Gasteiger partial charge on any atom is -0.491 e. The van der Waals surface area contributed by atoms with Crippen molar-refractivity contribution in [2.75, 3.05) is 46.8 Å². The quantitative estimate of drug-likeness (QED) is 0.272. The fourth-order valence-corrected chi connectivity index (χ4v) is 4.55. The Labute approximate surface area is 197 Å². The van der Waals surface area contributed by atoms with Gasteiger partial charge in [-0.25, -0.2) is 0 Å². The summed E-state index contributed by atoms with van der Waals surface area (Å²) in [6.07, 6.45) is 0. The number of fused-ring (bicyclic) bond motifs is 3. The number of ether oxygens (including phenoxy) is 4. The molecule has 4 nitrogen and oxygen atoms in total. The Bertz CT molecular complexity index is 1040. The molecular weight excluding hydrogens is 412 g/mol. The molecule has 1 aliphatic rings. The van der Waals surface area contributed by atoms with Crippen molar-refractivity contribution in [3.05, 3.63) is 88.0 Å². The Kier molecular flexibility index (Phi) is 7.81. The predicted molar refractivity (Wildman–Crippen MR) is 132 cm³/mol. The third kappa shape index (κ3) is 5.47.